The Morgan fingerprint density at radius 1 is 1.21 bits per heavy atom. The van der Waals surface area contributed by atoms with Gasteiger partial charge in [-0.15, -0.1) is 17.0 Å². The Kier molecular flexibility index (Phi) is 6.44. The first-order valence-electron chi connectivity index (χ1n) is 7.58. The summed E-state index contributed by atoms with van der Waals surface area (Å²) in [7, 11) is 0. The molecule has 0 amide bonds. The number of nitriles is 1. The third kappa shape index (κ3) is 3.99. The molecule has 1 aliphatic rings. The van der Waals surface area contributed by atoms with Crippen LogP contribution < -0.4 is 5.43 Å². The fourth-order valence-corrected chi connectivity index (χ4v) is 3.41. The van der Waals surface area contributed by atoms with Gasteiger partial charge < -0.3 is 0 Å². The van der Waals surface area contributed by atoms with Gasteiger partial charge in [0.2, 0.25) is 0 Å². The van der Waals surface area contributed by atoms with Gasteiger partial charge in [-0.3, -0.25) is 10.4 Å². The highest BCUT2D eigenvalue weighted by atomic mass is 79.9. The number of amidine groups is 1. The number of nitrogens with zero attached hydrogens (tertiary/aromatic N) is 2. The van der Waals surface area contributed by atoms with Gasteiger partial charge in [0, 0.05) is 0 Å². The lowest BCUT2D eigenvalue weighted by atomic mass is 9.99. The van der Waals surface area contributed by atoms with Crippen LogP contribution >= 0.6 is 28.7 Å². The van der Waals surface area contributed by atoms with E-state index in [0.717, 1.165) is 23.1 Å². The smallest absolute Gasteiger partial charge is 0.172 e. The minimum atomic E-state index is 0. The first kappa shape index (κ1) is 18.5. The van der Waals surface area contributed by atoms with Crippen LogP contribution in [0.4, 0.5) is 0 Å². The average molecular weight is 403 g/mol. The van der Waals surface area contributed by atoms with Crippen LogP contribution in [-0.2, 0) is 6.54 Å². The molecule has 0 bridgehead atoms. The van der Waals surface area contributed by atoms with E-state index in [-0.39, 0.29) is 17.0 Å². The molecule has 4 nitrogen and oxygen atoms in total. The highest BCUT2D eigenvalue weighted by Gasteiger charge is 2.25. The van der Waals surface area contributed by atoms with Crippen LogP contribution in [0.25, 0.3) is 11.1 Å². The lowest BCUT2D eigenvalue weighted by Crippen LogP contribution is -2.36. The molecule has 1 fully saturated rings. The molecule has 24 heavy (non-hydrogen) atoms. The molecule has 2 N–H and O–H groups in total. The second-order valence-electron chi connectivity index (χ2n) is 5.39. The summed E-state index contributed by atoms with van der Waals surface area (Å²) in [5.74, 6) is 0. The van der Waals surface area contributed by atoms with Crippen molar-refractivity contribution >= 4 is 33.9 Å². The van der Waals surface area contributed by atoms with Crippen LogP contribution in [-0.4, -0.2) is 15.6 Å². The van der Waals surface area contributed by atoms with Gasteiger partial charge >= 0.3 is 0 Å². The summed E-state index contributed by atoms with van der Waals surface area (Å²) in [5.41, 5.74) is 7.15. The number of halogens is 1. The van der Waals surface area contributed by atoms with E-state index >= 15 is 0 Å². The average Bonchev–Trinajstić information content (AvgIpc) is 2.95. The Balaban J connectivity index is 0.00000208. The minimum Gasteiger partial charge on any atom is -0.282 e. The van der Waals surface area contributed by atoms with E-state index in [2.05, 4.69) is 30.6 Å². The first-order chi connectivity index (χ1) is 11.2. The molecular formula is C18H19BrN4S. The second-order valence-corrected chi connectivity index (χ2v) is 6.58. The molecule has 2 aromatic rings. The van der Waals surface area contributed by atoms with Gasteiger partial charge in [0.1, 0.15) is 0 Å². The van der Waals surface area contributed by atoms with Gasteiger partial charge in [-0.25, -0.2) is 5.43 Å². The van der Waals surface area contributed by atoms with Crippen molar-refractivity contribution in [1.82, 2.24) is 10.4 Å². The predicted molar refractivity (Wildman–Crippen MR) is 105 cm³/mol. The van der Waals surface area contributed by atoms with Crippen molar-refractivity contribution in [2.24, 2.45) is 0 Å². The Hall–Kier alpha value is -1.81. The predicted octanol–water partition coefficient (Wildman–Crippen LogP) is 4.53. The van der Waals surface area contributed by atoms with Gasteiger partial charge in [-0.2, -0.15) is 5.26 Å². The normalized spacial score (nSPS) is 16.6. The maximum atomic E-state index is 9.21. The number of nitrogens with one attached hydrogen (secondary N) is 2. The molecule has 0 saturated carbocycles. The highest BCUT2D eigenvalue weighted by Crippen LogP contribution is 2.26. The van der Waals surface area contributed by atoms with E-state index in [9.17, 15) is 5.26 Å². The van der Waals surface area contributed by atoms with E-state index in [1.807, 2.05) is 41.4 Å². The molecule has 2 aromatic carbocycles. The lowest BCUT2D eigenvalue weighted by molar-refractivity contribution is 0.304. The van der Waals surface area contributed by atoms with E-state index in [1.165, 1.54) is 0 Å². The van der Waals surface area contributed by atoms with E-state index in [1.54, 1.807) is 11.8 Å². The molecule has 1 saturated heterocycles. The molecule has 1 atom stereocenters. The van der Waals surface area contributed by atoms with Crippen LogP contribution in [0.5, 0.6) is 0 Å². The summed E-state index contributed by atoms with van der Waals surface area (Å²) in [6, 6.07) is 18.1. The van der Waals surface area contributed by atoms with Gasteiger partial charge in [0.05, 0.1) is 23.6 Å². The standard InChI is InChI=1S/C18H18N4S.BrH/c1-2-17-21-22(18(20)23-17)12-13-7-9-14(10-8-13)16-6-4-3-5-15(16)11-19;/h3-10,17,20-21H,2,12H2,1H3;1H. The summed E-state index contributed by atoms with van der Waals surface area (Å²) in [6.07, 6.45) is 0.993. The molecule has 0 spiro atoms. The van der Waals surface area contributed by atoms with Crippen molar-refractivity contribution in [3.8, 4) is 17.2 Å². The van der Waals surface area contributed by atoms with Crippen LogP contribution in [0.3, 0.4) is 0 Å². The van der Waals surface area contributed by atoms with Crippen LogP contribution in [0, 0.1) is 16.7 Å². The zero-order chi connectivity index (χ0) is 16.2. The molecule has 3 rings (SSSR count). The maximum Gasteiger partial charge on any atom is 0.172 e. The number of benzene rings is 2. The molecule has 0 aromatic heterocycles. The fourth-order valence-electron chi connectivity index (χ4n) is 2.55. The van der Waals surface area contributed by atoms with Crippen molar-refractivity contribution in [1.29, 1.82) is 10.7 Å². The van der Waals surface area contributed by atoms with Crippen molar-refractivity contribution in [3.63, 3.8) is 0 Å². The van der Waals surface area contributed by atoms with Crippen LogP contribution in [0.15, 0.2) is 48.5 Å². The summed E-state index contributed by atoms with van der Waals surface area (Å²) < 4.78 is 0. The van der Waals surface area contributed by atoms with Crippen molar-refractivity contribution in [2.75, 3.05) is 0 Å². The largest absolute Gasteiger partial charge is 0.282 e. The van der Waals surface area contributed by atoms with Crippen LogP contribution in [0.2, 0.25) is 0 Å². The topological polar surface area (TPSA) is 62.9 Å². The summed E-state index contributed by atoms with van der Waals surface area (Å²) in [4.78, 5) is 0. The second kappa shape index (κ2) is 8.34. The molecule has 124 valence electrons. The van der Waals surface area contributed by atoms with E-state index in [0.29, 0.717) is 22.6 Å². The van der Waals surface area contributed by atoms with Crippen molar-refractivity contribution in [2.45, 2.75) is 25.3 Å². The molecule has 1 aliphatic heterocycles. The summed E-state index contributed by atoms with van der Waals surface area (Å²) in [6.45, 7) is 2.78. The molecule has 0 radical (unpaired) electrons. The summed E-state index contributed by atoms with van der Waals surface area (Å²) in [5, 5.41) is 20.0. The maximum absolute atomic E-state index is 9.21. The van der Waals surface area contributed by atoms with Gasteiger partial charge in [-0.05, 0) is 29.2 Å². The van der Waals surface area contributed by atoms with E-state index in [4.69, 9.17) is 5.41 Å². The molecular weight excluding hydrogens is 384 g/mol. The SMILES string of the molecule is Br.CCC1NN(Cc2ccc(-c3ccccc3C#N)cc2)C(=N)S1. The Labute approximate surface area is 157 Å². The zero-order valence-electron chi connectivity index (χ0n) is 13.3. The molecule has 1 unspecified atom stereocenters. The Morgan fingerprint density at radius 2 is 1.92 bits per heavy atom. The monoisotopic (exact) mass is 402 g/mol. The number of thioether (sulfide) groups is 1. The third-order valence-corrected chi connectivity index (χ3v) is 4.99. The van der Waals surface area contributed by atoms with Crippen molar-refractivity contribution < 1.29 is 0 Å². The lowest BCUT2D eigenvalue weighted by Gasteiger charge is -2.18. The first-order valence-corrected chi connectivity index (χ1v) is 8.46. The summed E-state index contributed by atoms with van der Waals surface area (Å²) >= 11 is 1.56. The molecule has 1 heterocycles. The number of rotatable bonds is 4. The number of hydrazine groups is 1. The van der Waals surface area contributed by atoms with Crippen molar-refractivity contribution in [3.05, 3.63) is 59.7 Å². The quantitative estimate of drug-likeness (QED) is 0.788. The van der Waals surface area contributed by atoms with E-state index < -0.39 is 0 Å². The minimum absolute atomic E-state index is 0. The van der Waals surface area contributed by atoms with Gasteiger partial charge in [-0.1, -0.05) is 61.2 Å². The van der Waals surface area contributed by atoms with Gasteiger partial charge in [0.15, 0.2) is 5.17 Å². The Morgan fingerprint density at radius 3 is 2.54 bits per heavy atom. The van der Waals surface area contributed by atoms with Gasteiger partial charge in [0.25, 0.3) is 0 Å². The number of hydrogen-bond donors (Lipinski definition) is 2. The van der Waals surface area contributed by atoms with Crippen LogP contribution in [0.1, 0.15) is 24.5 Å². The molecule has 6 heteroatoms. The Bertz CT molecular complexity index is 754. The zero-order valence-corrected chi connectivity index (χ0v) is 15.9. The third-order valence-electron chi connectivity index (χ3n) is 3.82. The molecule has 0 aliphatic carbocycles. The highest BCUT2D eigenvalue weighted by molar-refractivity contribution is 8.93. The number of hydrogen-bond acceptors (Lipinski definition) is 4. The fraction of sp³-hybridized carbons (Fsp3) is 0.222.